The Hall–Kier alpha value is -0.600. The zero-order valence-electron chi connectivity index (χ0n) is 12.2. The molecule has 3 nitrogen and oxygen atoms in total. The third-order valence-electron chi connectivity index (χ3n) is 3.77. The Morgan fingerprint density at radius 2 is 1.87 bits per heavy atom. The summed E-state index contributed by atoms with van der Waals surface area (Å²) in [7, 11) is 0. The molecule has 1 aliphatic heterocycles. The van der Waals surface area contributed by atoms with Crippen molar-refractivity contribution >= 4 is 24.0 Å². The monoisotopic (exact) mass is 376 g/mol. The molecule has 0 bridgehead atoms. The first-order valence-corrected chi connectivity index (χ1v) is 7.34. The highest BCUT2D eigenvalue weighted by Gasteiger charge is 2.39. The lowest BCUT2D eigenvalue weighted by Crippen LogP contribution is -2.46. The molecular weight excluding hydrogens is 359 g/mol. The molecule has 0 aromatic heterocycles. The van der Waals surface area contributed by atoms with Crippen molar-refractivity contribution in [3.8, 4) is 0 Å². The quantitative estimate of drug-likeness (QED) is 0.791. The van der Waals surface area contributed by atoms with Crippen LogP contribution in [0.15, 0.2) is 12.1 Å². The number of aliphatic hydroxyl groups is 1. The van der Waals surface area contributed by atoms with E-state index < -0.39 is 29.2 Å². The molecule has 1 saturated heterocycles. The first kappa shape index (κ1) is 20.4. The number of aliphatic hydroxyl groups excluding tert-OH is 1. The summed E-state index contributed by atoms with van der Waals surface area (Å²) in [5, 5.41) is 11.9. The van der Waals surface area contributed by atoms with Crippen molar-refractivity contribution < 1.29 is 22.7 Å². The predicted octanol–water partition coefficient (Wildman–Crippen LogP) is 3.25. The molecule has 1 aromatic carbocycles. The Bertz CT molecular complexity index is 522. The summed E-state index contributed by atoms with van der Waals surface area (Å²) < 4.78 is 54.0. The van der Waals surface area contributed by atoms with Crippen LogP contribution in [0.2, 0.25) is 5.02 Å². The molecule has 0 radical (unpaired) electrons. The Labute approximate surface area is 143 Å². The fraction of sp³-hybridized carbons (Fsp3) is 0.571. The molecule has 0 unspecified atom stereocenters. The second kappa shape index (κ2) is 8.48. The van der Waals surface area contributed by atoms with Gasteiger partial charge in [-0.3, -0.25) is 4.90 Å². The van der Waals surface area contributed by atoms with Crippen LogP contribution in [0.4, 0.5) is 17.6 Å². The molecule has 0 saturated carbocycles. The maximum atomic E-state index is 14.4. The molecule has 1 fully saturated rings. The first-order chi connectivity index (χ1) is 10.4. The molecule has 2 N–H and O–H groups in total. The third kappa shape index (κ3) is 4.70. The Morgan fingerprint density at radius 1 is 1.26 bits per heavy atom. The highest BCUT2D eigenvalue weighted by atomic mass is 35.5. The SMILES string of the molecule is Cl.OCC[C@H](c1c(C(F)(F)F)ccc(Cl)c1F)N1CCNCC1. The van der Waals surface area contributed by atoms with Gasteiger partial charge in [-0.05, 0) is 18.6 Å². The van der Waals surface area contributed by atoms with E-state index >= 15 is 0 Å². The van der Waals surface area contributed by atoms with Gasteiger partial charge < -0.3 is 10.4 Å². The van der Waals surface area contributed by atoms with Gasteiger partial charge in [0.1, 0.15) is 5.82 Å². The number of rotatable bonds is 4. The zero-order valence-corrected chi connectivity index (χ0v) is 13.7. The average Bonchev–Trinajstić information content (AvgIpc) is 2.47. The van der Waals surface area contributed by atoms with Crippen molar-refractivity contribution in [1.29, 1.82) is 0 Å². The number of halogens is 6. The van der Waals surface area contributed by atoms with Gasteiger partial charge in [0.15, 0.2) is 0 Å². The number of hydrogen-bond acceptors (Lipinski definition) is 3. The summed E-state index contributed by atoms with van der Waals surface area (Å²) in [5.41, 5.74) is -1.51. The van der Waals surface area contributed by atoms with Crippen LogP contribution in [0.5, 0.6) is 0 Å². The van der Waals surface area contributed by atoms with Crippen molar-refractivity contribution in [3.05, 3.63) is 34.1 Å². The molecular formula is C14H18Cl2F4N2O. The van der Waals surface area contributed by atoms with E-state index in [4.69, 9.17) is 11.6 Å². The minimum absolute atomic E-state index is 0. The van der Waals surface area contributed by atoms with Crippen LogP contribution >= 0.6 is 24.0 Å². The van der Waals surface area contributed by atoms with Crippen LogP contribution < -0.4 is 5.32 Å². The van der Waals surface area contributed by atoms with Gasteiger partial charge in [0.05, 0.1) is 10.6 Å². The summed E-state index contributed by atoms with van der Waals surface area (Å²) in [5.74, 6) is -1.06. The zero-order chi connectivity index (χ0) is 16.3. The van der Waals surface area contributed by atoms with Gasteiger partial charge in [0.25, 0.3) is 0 Å². The lowest BCUT2D eigenvalue weighted by atomic mass is 9.95. The van der Waals surface area contributed by atoms with E-state index in [2.05, 4.69) is 5.32 Å². The van der Waals surface area contributed by atoms with Crippen LogP contribution in [0.25, 0.3) is 0 Å². The van der Waals surface area contributed by atoms with Crippen LogP contribution in [0.1, 0.15) is 23.6 Å². The van der Waals surface area contributed by atoms with Gasteiger partial charge in [-0.15, -0.1) is 12.4 Å². The maximum absolute atomic E-state index is 14.4. The van der Waals surface area contributed by atoms with Crippen LogP contribution in [0, 0.1) is 5.82 Å². The first-order valence-electron chi connectivity index (χ1n) is 6.97. The number of piperazine rings is 1. The van der Waals surface area contributed by atoms with E-state index in [9.17, 15) is 22.7 Å². The van der Waals surface area contributed by atoms with Crippen molar-refractivity contribution in [3.63, 3.8) is 0 Å². The van der Waals surface area contributed by atoms with Gasteiger partial charge in [-0.2, -0.15) is 13.2 Å². The topological polar surface area (TPSA) is 35.5 Å². The van der Waals surface area contributed by atoms with Gasteiger partial charge in [-0.1, -0.05) is 11.6 Å². The average molecular weight is 377 g/mol. The molecule has 1 atom stereocenters. The summed E-state index contributed by atoms with van der Waals surface area (Å²) in [6.45, 7) is 1.83. The van der Waals surface area contributed by atoms with Crippen molar-refractivity contribution in [2.24, 2.45) is 0 Å². The van der Waals surface area contributed by atoms with E-state index in [1.165, 1.54) is 0 Å². The second-order valence-corrected chi connectivity index (χ2v) is 5.54. The summed E-state index contributed by atoms with van der Waals surface area (Å²) in [4.78, 5) is 1.75. The minimum atomic E-state index is -4.68. The molecule has 0 aliphatic carbocycles. The fourth-order valence-electron chi connectivity index (χ4n) is 2.76. The molecule has 23 heavy (non-hydrogen) atoms. The smallest absolute Gasteiger partial charge is 0.396 e. The van der Waals surface area contributed by atoms with E-state index in [1.54, 1.807) is 4.90 Å². The normalized spacial score (nSPS) is 17.7. The molecule has 0 amide bonds. The number of hydrogen-bond donors (Lipinski definition) is 2. The van der Waals surface area contributed by atoms with E-state index in [-0.39, 0.29) is 30.5 Å². The van der Waals surface area contributed by atoms with Crippen molar-refractivity contribution in [1.82, 2.24) is 10.2 Å². The summed E-state index contributed by atoms with van der Waals surface area (Å²) in [6.07, 6.45) is -4.66. The number of benzene rings is 1. The molecule has 2 rings (SSSR count). The standard InChI is InChI=1S/C14H17ClF4N2O.ClH/c15-10-2-1-9(14(17,18)19)12(13(10)16)11(3-8-22)21-6-4-20-5-7-21;/h1-2,11,20,22H,3-8H2;1H/t11-;/m1./s1. The van der Waals surface area contributed by atoms with Crippen molar-refractivity contribution in [2.75, 3.05) is 32.8 Å². The third-order valence-corrected chi connectivity index (χ3v) is 4.06. The molecule has 132 valence electrons. The second-order valence-electron chi connectivity index (χ2n) is 5.13. The lowest BCUT2D eigenvalue weighted by molar-refractivity contribution is -0.139. The Morgan fingerprint density at radius 3 is 2.39 bits per heavy atom. The molecule has 1 aromatic rings. The number of alkyl halides is 3. The summed E-state index contributed by atoms with van der Waals surface area (Å²) in [6, 6.07) is 0.854. The highest BCUT2D eigenvalue weighted by molar-refractivity contribution is 6.30. The molecule has 1 aliphatic rings. The van der Waals surface area contributed by atoms with Crippen molar-refractivity contribution in [2.45, 2.75) is 18.6 Å². The lowest BCUT2D eigenvalue weighted by Gasteiger charge is -2.36. The molecule has 9 heteroatoms. The Balaban J connectivity index is 0.00000264. The molecule has 1 heterocycles. The maximum Gasteiger partial charge on any atom is 0.416 e. The largest absolute Gasteiger partial charge is 0.416 e. The number of nitrogens with zero attached hydrogens (tertiary/aromatic N) is 1. The van der Waals surface area contributed by atoms with Gasteiger partial charge >= 0.3 is 6.18 Å². The van der Waals surface area contributed by atoms with Crippen LogP contribution in [0.3, 0.4) is 0 Å². The predicted molar refractivity (Wildman–Crippen MR) is 82.5 cm³/mol. The highest BCUT2D eigenvalue weighted by Crippen LogP contribution is 2.40. The van der Waals surface area contributed by atoms with E-state index in [0.717, 1.165) is 12.1 Å². The minimum Gasteiger partial charge on any atom is -0.396 e. The molecule has 0 spiro atoms. The van der Waals surface area contributed by atoms with E-state index in [0.29, 0.717) is 26.2 Å². The van der Waals surface area contributed by atoms with E-state index in [1.807, 2.05) is 0 Å². The summed E-state index contributed by atoms with van der Waals surface area (Å²) >= 11 is 5.68. The van der Waals surface area contributed by atoms with Crippen LogP contribution in [-0.2, 0) is 6.18 Å². The van der Waals surface area contributed by atoms with Crippen LogP contribution in [-0.4, -0.2) is 42.8 Å². The van der Waals surface area contributed by atoms with Gasteiger partial charge in [0, 0.05) is 44.4 Å². The van der Waals surface area contributed by atoms with Gasteiger partial charge in [0.2, 0.25) is 0 Å². The van der Waals surface area contributed by atoms with Gasteiger partial charge in [-0.25, -0.2) is 4.39 Å². The number of nitrogens with one attached hydrogen (secondary N) is 1. The Kier molecular flexibility index (Phi) is 7.54. The fourth-order valence-corrected chi connectivity index (χ4v) is 2.93.